The van der Waals surface area contributed by atoms with E-state index in [1.54, 1.807) is 62.4 Å². The summed E-state index contributed by atoms with van der Waals surface area (Å²) in [6, 6.07) is 51.5. The summed E-state index contributed by atoms with van der Waals surface area (Å²) >= 11 is 0. The van der Waals surface area contributed by atoms with Crippen LogP contribution in [0.1, 0.15) is 48.5 Å². The minimum absolute atomic E-state index is 0. The standard InChI is InChI=1S/C33H30N2O4.2C6H7N.2H2/c1-22(30(36)26-9-5-3-6-10-26)32(38)34-28-17-13-24(14-18-28)21-25-15-19-29(20-16-25)35-33(39)23(2)31(37)27-11-7-4-8-12-27;2*7-6-4-2-1-3-5-6;;/h3-20,22-23H,21H2,1-2H3,(H,34,38)(H,35,39);2*1-5H,7H2;2*1H. The molecule has 6 aromatic rings. The molecule has 8 nitrogen and oxygen atoms in total. The fraction of sp³-hybridized carbons (Fsp3) is 0.111. The van der Waals surface area contributed by atoms with E-state index in [1.807, 2.05) is 121 Å². The van der Waals surface area contributed by atoms with Gasteiger partial charge < -0.3 is 22.1 Å². The number of rotatable bonds is 10. The van der Waals surface area contributed by atoms with Crippen LogP contribution in [0.15, 0.2) is 170 Å². The molecular weight excluding hydrogens is 661 g/mol. The van der Waals surface area contributed by atoms with Gasteiger partial charge in [0, 0.05) is 36.7 Å². The highest BCUT2D eigenvalue weighted by atomic mass is 16.2. The van der Waals surface area contributed by atoms with E-state index in [1.165, 1.54) is 0 Å². The summed E-state index contributed by atoms with van der Waals surface area (Å²) in [4.78, 5) is 50.2. The molecule has 0 aliphatic carbocycles. The quantitative estimate of drug-likeness (QED) is 0.0635. The smallest absolute Gasteiger partial charge is 0.235 e. The van der Waals surface area contributed by atoms with Crippen LogP contribution in [-0.2, 0) is 16.0 Å². The van der Waals surface area contributed by atoms with Crippen LogP contribution >= 0.6 is 0 Å². The van der Waals surface area contributed by atoms with Crippen molar-refractivity contribution in [3.05, 3.63) is 192 Å². The van der Waals surface area contributed by atoms with E-state index in [2.05, 4.69) is 10.6 Å². The van der Waals surface area contributed by atoms with Crippen molar-refractivity contribution in [1.82, 2.24) is 0 Å². The second kappa shape index (κ2) is 20.1. The molecule has 0 bridgehead atoms. The van der Waals surface area contributed by atoms with E-state index >= 15 is 0 Å². The van der Waals surface area contributed by atoms with Crippen LogP contribution in [0.5, 0.6) is 0 Å². The van der Waals surface area contributed by atoms with Crippen molar-refractivity contribution < 1.29 is 22.0 Å². The topological polar surface area (TPSA) is 144 Å². The van der Waals surface area contributed by atoms with Crippen molar-refractivity contribution in [1.29, 1.82) is 0 Å². The Balaban J connectivity index is 0.000000544. The zero-order valence-electron chi connectivity index (χ0n) is 29.8. The SMILES string of the molecule is CC(C(=O)Nc1ccc(Cc2ccc(NC(=O)C(C)C(=O)c3ccccc3)cc2)cc1)C(=O)c1ccccc1.Nc1ccccc1.Nc1ccccc1.[HH].[HH]. The Morgan fingerprint density at radius 2 is 0.736 bits per heavy atom. The maximum atomic E-state index is 12.6. The van der Waals surface area contributed by atoms with Crippen LogP contribution in [0.25, 0.3) is 0 Å². The van der Waals surface area contributed by atoms with Gasteiger partial charge in [0.2, 0.25) is 11.8 Å². The molecule has 6 N–H and O–H groups in total. The number of benzene rings is 6. The van der Waals surface area contributed by atoms with Crippen LogP contribution in [0.3, 0.4) is 0 Å². The van der Waals surface area contributed by atoms with Gasteiger partial charge in [-0.05, 0) is 79.9 Å². The first kappa shape index (κ1) is 39.0. The predicted octanol–water partition coefficient (Wildman–Crippen LogP) is 9.22. The van der Waals surface area contributed by atoms with Gasteiger partial charge in [-0.15, -0.1) is 0 Å². The molecule has 8 heteroatoms. The summed E-state index contributed by atoms with van der Waals surface area (Å²) in [5, 5.41) is 5.62. The number of carbonyl (C=O) groups is 4. The number of hydrogen-bond acceptors (Lipinski definition) is 6. The van der Waals surface area contributed by atoms with Gasteiger partial charge >= 0.3 is 0 Å². The molecule has 0 heterocycles. The highest BCUT2D eigenvalue weighted by molar-refractivity contribution is 6.14. The molecule has 6 rings (SSSR count). The summed E-state index contributed by atoms with van der Waals surface area (Å²) in [5.41, 5.74) is 16.7. The molecule has 2 amide bonds. The second-order valence-electron chi connectivity index (χ2n) is 12.3. The normalized spacial score (nSPS) is 11.2. The average molecular weight is 709 g/mol. The third-order valence-electron chi connectivity index (χ3n) is 8.14. The molecule has 6 aromatic carbocycles. The Morgan fingerprint density at radius 3 is 1.00 bits per heavy atom. The van der Waals surface area contributed by atoms with E-state index in [0.29, 0.717) is 28.9 Å². The van der Waals surface area contributed by atoms with Gasteiger partial charge in [-0.25, -0.2) is 0 Å². The van der Waals surface area contributed by atoms with Gasteiger partial charge in [-0.2, -0.15) is 0 Å². The fourth-order valence-electron chi connectivity index (χ4n) is 5.00. The first-order valence-corrected chi connectivity index (χ1v) is 17.2. The number of nitrogen functional groups attached to an aromatic ring is 2. The monoisotopic (exact) mass is 708 g/mol. The maximum Gasteiger partial charge on any atom is 0.235 e. The molecule has 0 spiro atoms. The summed E-state index contributed by atoms with van der Waals surface area (Å²) in [6.45, 7) is 3.21. The van der Waals surface area contributed by atoms with Crippen LogP contribution < -0.4 is 22.1 Å². The van der Waals surface area contributed by atoms with Gasteiger partial charge in [0.05, 0.1) is 11.8 Å². The molecule has 0 aromatic heterocycles. The lowest BCUT2D eigenvalue weighted by atomic mass is 9.98. The molecule has 0 saturated carbocycles. The lowest BCUT2D eigenvalue weighted by Gasteiger charge is -2.13. The number of nitrogens with two attached hydrogens (primary N) is 2. The number of Topliss-reactive ketones (excluding diaryl/α,β-unsaturated/α-hetero) is 2. The third-order valence-corrected chi connectivity index (χ3v) is 8.14. The van der Waals surface area contributed by atoms with Crippen molar-refractivity contribution in [3.8, 4) is 0 Å². The first-order valence-electron chi connectivity index (χ1n) is 17.2. The van der Waals surface area contributed by atoms with Crippen LogP contribution in [0.4, 0.5) is 22.7 Å². The van der Waals surface area contributed by atoms with E-state index < -0.39 is 11.8 Å². The summed E-state index contributed by atoms with van der Waals surface area (Å²) in [5.74, 6) is -2.75. The molecule has 53 heavy (non-hydrogen) atoms. The predicted molar refractivity (Wildman–Crippen MR) is 219 cm³/mol. The van der Waals surface area contributed by atoms with Crippen LogP contribution in [0, 0.1) is 11.8 Å². The fourth-order valence-corrected chi connectivity index (χ4v) is 5.00. The van der Waals surface area contributed by atoms with Crippen molar-refractivity contribution in [2.45, 2.75) is 20.3 Å². The molecular formula is C45H48N4O4. The number of nitrogens with one attached hydrogen (secondary N) is 2. The Kier molecular flexibility index (Phi) is 14.8. The number of hydrogen-bond donors (Lipinski definition) is 4. The number of ketones is 2. The van der Waals surface area contributed by atoms with Gasteiger partial charge in [-0.3, -0.25) is 19.2 Å². The molecule has 0 saturated heterocycles. The van der Waals surface area contributed by atoms with Gasteiger partial charge in [0.15, 0.2) is 11.6 Å². The Morgan fingerprint density at radius 1 is 0.453 bits per heavy atom. The molecule has 0 aliphatic heterocycles. The Hall–Kier alpha value is -6.80. The van der Waals surface area contributed by atoms with Crippen molar-refractivity contribution in [2.75, 3.05) is 22.1 Å². The minimum Gasteiger partial charge on any atom is -0.399 e. The molecule has 0 aliphatic rings. The molecule has 2 unspecified atom stereocenters. The zero-order valence-corrected chi connectivity index (χ0v) is 29.8. The van der Waals surface area contributed by atoms with Crippen LogP contribution in [0.2, 0.25) is 0 Å². The van der Waals surface area contributed by atoms with E-state index in [-0.39, 0.29) is 26.2 Å². The van der Waals surface area contributed by atoms with Gasteiger partial charge in [0.1, 0.15) is 0 Å². The highest BCUT2D eigenvalue weighted by Gasteiger charge is 2.23. The zero-order chi connectivity index (χ0) is 38.0. The number of anilines is 4. The summed E-state index contributed by atoms with van der Waals surface area (Å²) in [7, 11) is 0. The molecule has 2 atom stereocenters. The first-order chi connectivity index (χ1) is 25.6. The third kappa shape index (κ3) is 12.8. The largest absolute Gasteiger partial charge is 0.399 e. The minimum atomic E-state index is -0.800. The van der Waals surface area contributed by atoms with Gasteiger partial charge in [-0.1, -0.05) is 121 Å². The number of amides is 2. The summed E-state index contributed by atoms with van der Waals surface area (Å²) < 4.78 is 0. The lowest BCUT2D eigenvalue weighted by Crippen LogP contribution is -2.27. The highest BCUT2D eigenvalue weighted by Crippen LogP contribution is 2.19. The molecule has 0 fully saturated rings. The average Bonchev–Trinajstić information content (AvgIpc) is 3.20. The van der Waals surface area contributed by atoms with Gasteiger partial charge in [0.25, 0.3) is 0 Å². The van der Waals surface area contributed by atoms with E-state index in [9.17, 15) is 19.2 Å². The number of para-hydroxylation sites is 2. The molecule has 272 valence electrons. The number of carbonyl (C=O) groups excluding carboxylic acids is 4. The van der Waals surface area contributed by atoms with E-state index in [0.717, 1.165) is 22.5 Å². The Labute approximate surface area is 313 Å². The molecule has 0 radical (unpaired) electrons. The summed E-state index contributed by atoms with van der Waals surface area (Å²) in [6.07, 6.45) is 0.661. The van der Waals surface area contributed by atoms with Crippen molar-refractivity contribution >= 4 is 46.1 Å². The van der Waals surface area contributed by atoms with Crippen molar-refractivity contribution in [3.63, 3.8) is 0 Å². The Bertz CT molecular complexity index is 1900. The van der Waals surface area contributed by atoms with E-state index in [4.69, 9.17) is 11.5 Å². The second-order valence-corrected chi connectivity index (χ2v) is 12.3. The lowest BCUT2D eigenvalue weighted by molar-refractivity contribution is -0.119. The van der Waals surface area contributed by atoms with Crippen LogP contribution in [-0.4, -0.2) is 23.4 Å². The van der Waals surface area contributed by atoms with Crippen molar-refractivity contribution in [2.24, 2.45) is 11.8 Å². The maximum absolute atomic E-state index is 12.6.